The number of halogens is 1. The second-order valence-electron chi connectivity index (χ2n) is 7.16. The molecule has 30 heavy (non-hydrogen) atoms. The third kappa shape index (κ3) is 5.06. The first-order chi connectivity index (χ1) is 14.4. The molecule has 6 N–H and O–H groups in total. The summed E-state index contributed by atoms with van der Waals surface area (Å²) in [6.07, 6.45) is 5.46. The monoisotopic (exact) mass is 413 g/mol. The van der Waals surface area contributed by atoms with Crippen molar-refractivity contribution in [3.05, 3.63) is 48.2 Å². The predicted molar refractivity (Wildman–Crippen MR) is 111 cm³/mol. The van der Waals surface area contributed by atoms with Gasteiger partial charge in [-0.2, -0.15) is 0 Å². The zero-order valence-electron chi connectivity index (χ0n) is 16.7. The van der Waals surface area contributed by atoms with Gasteiger partial charge < -0.3 is 22.1 Å². The highest BCUT2D eigenvalue weighted by Crippen LogP contribution is 2.25. The lowest BCUT2D eigenvalue weighted by molar-refractivity contribution is 0.100. The summed E-state index contributed by atoms with van der Waals surface area (Å²) in [4.78, 5) is 20.3. The molecule has 3 aromatic heterocycles. The first-order valence-corrected chi connectivity index (χ1v) is 9.44. The van der Waals surface area contributed by atoms with E-state index in [0.717, 1.165) is 12.5 Å². The number of primary amides is 1. The van der Waals surface area contributed by atoms with Crippen LogP contribution in [0.1, 0.15) is 30.6 Å². The molecule has 1 amide bonds. The molecule has 0 spiro atoms. The van der Waals surface area contributed by atoms with Crippen LogP contribution >= 0.6 is 0 Å². The molecule has 0 saturated carbocycles. The molecule has 0 aliphatic rings. The van der Waals surface area contributed by atoms with Gasteiger partial charge in [0.2, 0.25) is 0 Å². The maximum Gasteiger partial charge on any atom is 0.252 e. The molecule has 0 saturated heterocycles. The van der Waals surface area contributed by atoms with E-state index in [0.29, 0.717) is 24.0 Å². The molecule has 0 aliphatic carbocycles. The first-order valence-electron chi connectivity index (χ1n) is 9.44. The molecule has 0 fully saturated rings. The van der Waals surface area contributed by atoms with E-state index in [-0.39, 0.29) is 23.2 Å². The number of pyridine rings is 2. The number of anilines is 3. The van der Waals surface area contributed by atoms with Crippen molar-refractivity contribution in [2.24, 2.45) is 17.4 Å². The van der Waals surface area contributed by atoms with Gasteiger partial charge >= 0.3 is 0 Å². The SMILES string of the molecule is CC(C)CC(CN)Nc1nc(Nc2ccnc(-n3ccnn3)c2)c(C(N)=O)cc1F. The molecule has 10 nitrogen and oxygen atoms in total. The standard InChI is InChI=1S/C19H24FN9O/c1-11(2)7-13(10-21)26-19-15(20)9-14(17(22)30)18(27-19)25-12-3-4-23-16(8-12)29-6-5-24-28-29/h3-6,8-9,11,13H,7,10,21H2,1-2H3,(H2,22,30)(H2,23,25,26,27). The minimum absolute atomic E-state index is 0.0100. The lowest BCUT2D eigenvalue weighted by atomic mass is 10.0. The van der Waals surface area contributed by atoms with Crippen LogP contribution in [0.2, 0.25) is 0 Å². The van der Waals surface area contributed by atoms with E-state index in [9.17, 15) is 9.18 Å². The van der Waals surface area contributed by atoms with Crippen molar-refractivity contribution in [2.75, 3.05) is 17.2 Å². The number of rotatable bonds is 9. The Morgan fingerprint density at radius 1 is 1.27 bits per heavy atom. The van der Waals surface area contributed by atoms with Crippen LogP contribution < -0.4 is 22.1 Å². The number of amides is 1. The lowest BCUT2D eigenvalue weighted by Crippen LogP contribution is -2.31. The molecular weight excluding hydrogens is 389 g/mol. The Bertz CT molecular complexity index is 1010. The molecule has 3 aromatic rings. The van der Waals surface area contributed by atoms with E-state index in [2.05, 4.69) is 30.9 Å². The normalized spacial score (nSPS) is 12.0. The number of aromatic nitrogens is 5. The van der Waals surface area contributed by atoms with Crippen LogP contribution in [0, 0.1) is 11.7 Å². The molecule has 11 heteroatoms. The van der Waals surface area contributed by atoms with E-state index >= 15 is 0 Å². The van der Waals surface area contributed by atoms with Gasteiger partial charge in [-0.1, -0.05) is 19.1 Å². The van der Waals surface area contributed by atoms with Gasteiger partial charge in [-0.25, -0.2) is 19.0 Å². The van der Waals surface area contributed by atoms with E-state index < -0.39 is 11.7 Å². The topological polar surface area (TPSA) is 150 Å². The van der Waals surface area contributed by atoms with Crippen LogP contribution in [-0.4, -0.2) is 43.5 Å². The van der Waals surface area contributed by atoms with Crippen molar-refractivity contribution in [2.45, 2.75) is 26.3 Å². The Balaban J connectivity index is 1.93. The van der Waals surface area contributed by atoms with Crippen LogP contribution in [-0.2, 0) is 0 Å². The van der Waals surface area contributed by atoms with E-state index in [1.54, 1.807) is 24.5 Å². The zero-order chi connectivity index (χ0) is 21.7. The van der Waals surface area contributed by atoms with E-state index in [4.69, 9.17) is 11.5 Å². The molecule has 0 radical (unpaired) electrons. The average Bonchev–Trinajstić information content (AvgIpc) is 3.24. The number of nitrogens with one attached hydrogen (secondary N) is 2. The van der Waals surface area contributed by atoms with Crippen molar-refractivity contribution in [1.29, 1.82) is 0 Å². The average molecular weight is 413 g/mol. The fourth-order valence-electron chi connectivity index (χ4n) is 2.94. The maximum absolute atomic E-state index is 14.6. The fourth-order valence-corrected chi connectivity index (χ4v) is 2.94. The maximum atomic E-state index is 14.6. The molecule has 3 rings (SSSR count). The van der Waals surface area contributed by atoms with Crippen molar-refractivity contribution in [3.8, 4) is 5.82 Å². The summed E-state index contributed by atoms with van der Waals surface area (Å²) in [6.45, 7) is 4.41. The summed E-state index contributed by atoms with van der Waals surface area (Å²) < 4.78 is 16.1. The predicted octanol–water partition coefficient (Wildman–Crippen LogP) is 1.82. The van der Waals surface area contributed by atoms with Crippen LogP contribution in [0.4, 0.5) is 21.7 Å². The molecule has 0 aromatic carbocycles. The molecule has 1 atom stereocenters. The van der Waals surface area contributed by atoms with Gasteiger partial charge in [0.15, 0.2) is 17.5 Å². The summed E-state index contributed by atoms with van der Waals surface area (Å²) in [6, 6.07) is 4.24. The van der Waals surface area contributed by atoms with Crippen molar-refractivity contribution in [1.82, 2.24) is 25.0 Å². The van der Waals surface area contributed by atoms with Gasteiger partial charge in [0.05, 0.1) is 18.0 Å². The Kier molecular flexibility index (Phi) is 6.52. The van der Waals surface area contributed by atoms with Gasteiger partial charge in [-0.05, 0) is 24.5 Å². The quantitative estimate of drug-likeness (QED) is 0.415. The van der Waals surface area contributed by atoms with Crippen LogP contribution in [0.25, 0.3) is 5.82 Å². The molecular formula is C19H24FN9O. The Morgan fingerprint density at radius 2 is 2.07 bits per heavy atom. The molecule has 158 valence electrons. The Labute approximate surface area is 172 Å². The van der Waals surface area contributed by atoms with Crippen LogP contribution in [0.3, 0.4) is 0 Å². The van der Waals surface area contributed by atoms with Gasteiger partial charge in [0.1, 0.15) is 5.82 Å². The number of nitrogens with zero attached hydrogens (tertiary/aromatic N) is 5. The van der Waals surface area contributed by atoms with E-state index in [1.807, 2.05) is 13.8 Å². The van der Waals surface area contributed by atoms with Crippen LogP contribution in [0.15, 0.2) is 36.8 Å². The van der Waals surface area contributed by atoms with Crippen molar-refractivity contribution >= 4 is 23.2 Å². The first kappa shape index (κ1) is 21.1. The zero-order valence-corrected chi connectivity index (χ0v) is 16.7. The molecule has 0 bridgehead atoms. The largest absolute Gasteiger partial charge is 0.365 e. The van der Waals surface area contributed by atoms with Gasteiger partial charge in [-0.15, -0.1) is 5.10 Å². The minimum atomic E-state index is -0.807. The van der Waals surface area contributed by atoms with Gasteiger partial charge in [0, 0.05) is 30.5 Å². The summed E-state index contributed by atoms with van der Waals surface area (Å²) >= 11 is 0. The molecule has 3 heterocycles. The van der Waals surface area contributed by atoms with Gasteiger partial charge in [-0.3, -0.25) is 4.79 Å². The van der Waals surface area contributed by atoms with E-state index in [1.165, 1.54) is 10.9 Å². The Hall–Kier alpha value is -3.60. The van der Waals surface area contributed by atoms with Crippen LogP contribution in [0.5, 0.6) is 0 Å². The summed E-state index contributed by atoms with van der Waals surface area (Å²) in [7, 11) is 0. The number of carbonyl (C=O) groups excluding carboxylic acids is 1. The van der Waals surface area contributed by atoms with Gasteiger partial charge in [0.25, 0.3) is 5.91 Å². The van der Waals surface area contributed by atoms with Crippen molar-refractivity contribution in [3.63, 3.8) is 0 Å². The highest BCUT2D eigenvalue weighted by atomic mass is 19.1. The third-order valence-electron chi connectivity index (χ3n) is 4.29. The number of carbonyl (C=O) groups is 1. The fraction of sp³-hybridized carbons (Fsp3) is 0.316. The number of nitrogens with two attached hydrogens (primary N) is 2. The second-order valence-corrected chi connectivity index (χ2v) is 7.16. The summed E-state index contributed by atoms with van der Waals surface area (Å²) in [5, 5.41) is 13.7. The molecule has 1 unspecified atom stereocenters. The summed E-state index contributed by atoms with van der Waals surface area (Å²) in [5.41, 5.74) is 11.7. The highest BCUT2D eigenvalue weighted by molar-refractivity contribution is 5.98. The minimum Gasteiger partial charge on any atom is -0.365 e. The second kappa shape index (κ2) is 9.27. The summed E-state index contributed by atoms with van der Waals surface area (Å²) in [5.74, 6) is -0.526. The highest BCUT2D eigenvalue weighted by Gasteiger charge is 2.19. The van der Waals surface area contributed by atoms with Crippen molar-refractivity contribution < 1.29 is 9.18 Å². The molecule has 0 aliphatic heterocycles. The lowest BCUT2D eigenvalue weighted by Gasteiger charge is -2.21. The number of hydrogen-bond acceptors (Lipinski definition) is 8. The third-order valence-corrected chi connectivity index (χ3v) is 4.29. The number of hydrogen-bond donors (Lipinski definition) is 4. The Morgan fingerprint density at radius 3 is 2.70 bits per heavy atom. The smallest absolute Gasteiger partial charge is 0.252 e.